The van der Waals surface area contributed by atoms with Crippen molar-refractivity contribution in [3.8, 4) is 5.75 Å². The predicted molar refractivity (Wildman–Crippen MR) is 108 cm³/mol. The summed E-state index contributed by atoms with van der Waals surface area (Å²) >= 11 is 0. The largest absolute Gasteiger partial charge is 0.490 e. The maximum atomic E-state index is 13.2. The average Bonchev–Trinajstić information content (AvgIpc) is 3.30. The van der Waals surface area contributed by atoms with Crippen molar-refractivity contribution >= 4 is 17.4 Å². The molecule has 8 nitrogen and oxygen atoms in total. The highest BCUT2D eigenvalue weighted by Gasteiger charge is 2.39. The summed E-state index contributed by atoms with van der Waals surface area (Å²) in [4.78, 5) is 29.1. The highest BCUT2D eigenvalue weighted by molar-refractivity contribution is 5.96. The van der Waals surface area contributed by atoms with Crippen LogP contribution in [0.25, 0.3) is 5.65 Å². The van der Waals surface area contributed by atoms with Crippen LogP contribution in [-0.4, -0.2) is 44.1 Å². The third-order valence-electron chi connectivity index (χ3n) is 4.67. The normalized spacial score (nSPS) is 11.7. The number of halogens is 3. The van der Waals surface area contributed by atoms with E-state index >= 15 is 0 Å². The van der Waals surface area contributed by atoms with Gasteiger partial charge in [-0.25, -0.2) is 9.78 Å². The van der Waals surface area contributed by atoms with Crippen LogP contribution in [-0.2, 0) is 17.5 Å². The number of hydrogen-bond acceptors (Lipinski definition) is 6. The number of ether oxygens (including phenoxy) is 2. The minimum atomic E-state index is -4.80. The van der Waals surface area contributed by atoms with Crippen LogP contribution in [0.4, 0.5) is 13.2 Å². The van der Waals surface area contributed by atoms with Crippen LogP contribution in [0.2, 0.25) is 0 Å². The molecule has 0 radical (unpaired) electrons. The van der Waals surface area contributed by atoms with Crippen molar-refractivity contribution in [2.45, 2.75) is 46.3 Å². The van der Waals surface area contributed by atoms with Crippen LogP contribution in [0.15, 0.2) is 24.5 Å². The number of carbonyl (C=O) groups is 2. The van der Waals surface area contributed by atoms with Crippen LogP contribution in [0, 0.1) is 6.92 Å². The number of pyridine rings is 1. The zero-order chi connectivity index (χ0) is 23.5. The molecule has 0 saturated carbocycles. The number of nitrogens with zero attached hydrogens (tertiary/aromatic N) is 4. The van der Waals surface area contributed by atoms with E-state index in [0.29, 0.717) is 29.4 Å². The summed E-state index contributed by atoms with van der Waals surface area (Å²) in [5.74, 6) is -0.745. The molecule has 3 aromatic rings. The van der Waals surface area contributed by atoms with Crippen molar-refractivity contribution in [3.05, 3.63) is 47.2 Å². The van der Waals surface area contributed by atoms with Gasteiger partial charge in [0.15, 0.2) is 22.9 Å². The van der Waals surface area contributed by atoms with Crippen molar-refractivity contribution in [1.29, 1.82) is 0 Å². The smallest absolute Gasteiger partial charge is 0.436 e. The van der Waals surface area contributed by atoms with Crippen molar-refractivity contribution in [2.24, 2.45) is 0 Å². The lowest BCUT2D eigenvalue weighted by Gasteiger charge is -2.06. The van der Waals surface area contributed by atoms with Gasteiger partial charge in [-0.1, -0.05) is 0 Å². The number of carbonyl (C=O) groups excluding carboxylic acids is 2. The van der Waals surface area contributed by atoms with Crippen LogP contribution in [0.5, 0.6) is 5.75 Å². The summed E-state index contributed by atoms with van der Waals surface area (Å²) in [5, 5.41) is 3.49. The molecule has 0 bridgehead atoms. The molecule has 172 valence electrons. The standard InChI is InChI=1S/C21H23F3N4O4/c1-4-31-16-9-7-11-28-17(13(3)25-19(16)28)15(29)8-6-10-27-12-14(20(30)32-5-2)18(26-27)21(22,23)24/h7,9,11-12H,4-6,8,10H2,1-3H3. The first-order chi connectivity index (χ1) is 15.2. The molecular formula is C21H23F3N4O4. The van der Waals surface area contributed by atoms with Gasteiger partial charge in [0.25, 0.3) is 0 Å². The highest BCUT2D eigenvalue weighted by Crippen LogP contribution is 2.31. The van der Waals surface area contributed by atoms with E-state index < -0.39 is 23.4 Å². The number of aryl methyl sites for hydroxylation is 2. The van der Waals surface area contributed by atoms with Gasteiger partial charge >= 0.3 is 12.1 Å². The van der Waals surface area contributed by atoms with Crippen LogP contribution < -0.4 is 4.74 Å². The number of imidazole rings is 1. The molecular weight excluding hydrogens is 429 g/mol. The predicted octanol–water partition coefficient (Wildman–Crippen LogP) is 4.10. The van der Waals surface area contributed by atoms with E-state index in [0.717, 1.165) is 10.9 Å². The maximum Gasteiger partial charge on any atom is 0.436 e. The maximum absolute atomic E-state index is 13.2. The quantitative estimate of drug-likeness (QED) is 0.359. The van der Waals surface area contributed by atoms with Gasteiger partial charge in [-0.3, -0.25) is 13.9 Å². The monoisotopic (exact) mass is 452 g/mol. The summed E-state index contributed by atoms with van der Waals surface area (Å²) in [5.41, 5.74) is -0.498. The summed E-state index contributed by atoms with van der Waals surface area (Å²) in [6.45, 7) is 5.48. The Morgan fingerprint density at radius 1 is 1.19 bits per heavy atom. The molecule has 0 N–H and O–H groups in total. The van der Waals surface area contributed by atoms with Crippen molar-refractivity contribution in [1.82, 2.24) is 19.2 Å². The lowest BCUT2D eigenvalue weighted by molar-refractivity contribution is -0.142. The van der Waals surface area contributed by atoms with Gasteiger partial charge in [-0.15, -0.1) is 0 Å². The molecule has 3 rings (SSSR count). The molecule has 3 heterocycles. The molecule has 0 aliphatic rings. The van der Waals surface area contributed by atoms with Gasteiger partial charge in [0, 0.05) is 25.4 Å². The fraction of sp³-hybridized carbons (Fsp3) is 0.429. The molecule has 0 unspecified atom stereocenters. The zero-order valence-electron chi connectivity index (χ0n) is 17.9. The van der Waals surface area contributed by atoms with Gasteiger partial charge in [-0.05, 0) is 39.3 Å². The summed E-state index contributed by atoms with van der Waals surface area (Å²) in [6.07, 6.45) is -1.81. The van der Waals surface area contributed by atoms with E-state index in [-0.39, 0.29) is 31.8 Å². The van der Waals surface area contributed by atoms with Crippen LogP contribution in [0.1, 0.15) is 58.9 Å². The summed E-state index contributed by atoms with van der Waals surface area (Å²) < 4.78 is 52.6. The third-order valence-corrected chi connectivity index (χ3v) is 4.67. The van der Waals surface area contributed by atoms with Gasteiger partial charge in [0.05, 0.1) is 18.9 Å². The van der Waals surface area contributed by atoms with E-state index in [1.165, 1.54) is 6.92 Å². The molecule has 11 heteroatoms. The number of alkyl halides is 3. The molecule has 0 spiro atoms. The zero-order valence-corrected chi connectivity index (χ0v) is 17.9. The Labute approximate surface area is 181 Å². The van der Waals surface area contributed by atoms with Crippen molar-refractivity contribution in [2.75, 3.05) is 13.2 Å². The average molecular weight is 452 g/mol. The van der Waals surface area contributed by atoms with E-state index in [2.05, 4.69) is 14.8 Å². The minimum absolute atomic E-state index is 0.0220. The van der Waals surface area contributed by atoms with Gasteiger partial charge in [-0.2, -0.15) is 18.3 Å². The Kier molecular flexibility index (Phi) is 6.85. The van der Waals surface area contributed by atoms with Crippen LogP contribution >= 0.6 is 0 Å². The third kappa shape index (κ3) is 4.76. The Balaban J connectivity index is 1.75. The van der Waals surface area contributed by atoms with E-state index in [9.17, 15) is 22.8 Å². The Hall–Kier alpha value is -3.37. The highest BCUT2D eigenvalue weighted by atomic mass is 19.4. The molecule has 32 heavy (non-hydrogen) atoms. The summed E-state index contributed by atoms with van der Waals surface area (Å²) in [7, 11) is 0. The Morgan fingerprint density at radius 2 is 1.94 bits per heavy atom. The number of aromatic nitrogens is 4. The first-order valence-corrected chi connectivity index (χ1v) is 10.1. The lowest BCUT2D eigenvalue weighted by atomic mass is 10.1. The number of hydrogen-bond donors (Lipinski definition) is 0. The van der Waals surface area contributed by atoms with Crippen molar-refractivity contribution < 1.29 is 32.2 Å². The second kappa shape index (κ2) is 9.41. The number of rotatable bonds is 9. The SMILES string of the molecule is CCOC(=O)c1cn(CCCC(=O)c2c(C)nc3c(OCC)cccn23)nc1C(F)(F)F. The van der Waals surface area contributed by atoms with Gasteiger partial charge < -0.3 is 9.47 Å². The first-order valence-electron chi connectivity index (χ1n) is 10.1. The van der Waals surface area contributed by atoms with Crippen molar-refractivity contribution in [3.63, 3.8) is 0 Å². The number of ketones is 1. The fourth-order valence-corrected chi connectivity index (χ4v) is 3.38. The second-order valence-electron chi connectivity index (χ2n) is 6.94. The summed E-state index contributed by atoms with van der Waals surface area (Å²) in [6, 6.07) is 3.51. The second-order valence-corrected chi connectivity index (χ2v) is 6.94. The lowest BCUT2D eigenvalue weighted by Crippen LogP contribution is -2.14. The molecule has 0 saturated heterocycles. The Morgan fingerprint density at radius 3 is 2.59 bits per heavy atom. The topological polar surface area (TPSA) is 87.7 Å². The molecule has 0 amide bonds. The van der Waals surface area contributed by atoms with E-state index in [4.69, 9.17) is 4.74 Å². The first kappa shape index (κ1) is 23.3. The molecule has 0 fully saturated rings. The molecule has 0 aromatic carbocycles. The fourth-order valence-electron chi connectivity index (χ4n) is 3.38. The number of fused-ring (bicyclic) bond motifs is 1. The van der Waals surface area contributed by atoms with E-state index in [1.807, 2.05) is 6.92 Å². The Bertz CT molecular complexity index is 1130. The number of esters is 1. The van der Waals surface area contributed by atoms with Gasteiger partial charge in [0.2, 0.25) is 0 Å². The molecule has 0 atom stereocenters. The molecule has 0 aliphatic heterocycles. The molecule has 3 aromatic heterocycles. The van der Waals surface area contributed by atoms with Gasteiger partial charge in [0.1, 0.15) is 11.3 Å². The molecule has 0 aliphatic carbocycles. The minimum Gasteiger partial charge on any atom is -0.490 e. The van der Waals surface area contributed by atoms with Crippen LogP contribution in [0.3, 0.4) is 0 Å². The van der Waals surface area contributed by atoms with E-state index in [1.54, 1.807) is 29.7 Å². The number of Topliss-reactive ketones (excluding diaryl/α,β-unsaturated/α-hetero) is 1.